The van der Waals surface area contributed by atoms with Crippen LogP contribution >= 0.6 is 0 Å². The van der Waals surface area contributed by atoms with Gasteiger partial charge in [-0.2, -0.15) is 10.4 Å². The molecule has 3 aromatic rings. The molecular formula is C19H14N4O2. The van der Waals surface area contributed by atoms with Gasteiger partial charge in [-0.1, -0.05) is 42.5 Å². The fourth-order valence-electron chi connectivity index (χ4n) is 2.31. The third-order valence-electron chi connectivity index (χ3n) is 3.55. The van der Waals surface area contributed by atoms with Crippen LogP contribution < -0.4 is 5.32 Å². The van der Waals surface area contributed by atoms with E-state index in [1.54, 1.807) is 24.4 Å². The van der Waals surface area contributed by atoms with Crippen molar-refractivity contribution in [2.75, 3.05) is 5.32 Å². The monoisotopic (exact) mass is 330 g/mol. The second-order valence-electron chi connectivity index (χ2n) is 5.21. The van der Waals surface area contributed by atoms with Gasteiger partial charge in [0.2, 0.25) is 0 Å². The molecule has 0 atom stereocenters. The zero-order valence-electron chi connectivity index (χ0n) is 13.1. The molecule has 0 unspecified atom stereocenters. The number of amides is 1. The van der Waals surface area contributed by atoms with Gasteiger partial charge in [0.1, 0.15) is 17.4 Å². The summed E-state index contributed by atoms with van der Waals surface area (Å²) in [4.78, 5) is 12.3. The molecule has 0 saturated carbocycles. The van der Waals surface area contributed by atoms with E-state index in [2.05, 4.69) is 15.5 Å². The Balaban J connectivity index is 1.90. The molecule has 3 rings (SSSR count). The Kier molecular flexibility index (Phi) is 4.58. The molecular weight excluding hydrogens is 316 g/mol. The highest BCUT2D eigenvalue weighted by Gasteiger charge is 2.13. The molecule has 25 heavy (non-hydrogen) atoms. The largest absolute Gasteiger partial charge is 0.506 e. The topological polar surface area (TPSA) is 102 Å². The van der Waals surface area contributed by atoms with Gasteiger partial charge in [-0.15, -0.1) is 0 Å². The minimum Gasteiger partial charge on any atom is -0.506 e. The van der Waals surface area contributed by atoms with Gasteiger partial charge < -0.3 is 10.4 Å². The summed E-state index contributed by atoms with van der Waals surface area (Å²) in [6, 6.07) is 17.7. The van der Waals surface area contributed by atoms with Crippen LogP contribution in [0.3, 0.4) is 0 Å². The number of carbonyl (C=O) groups is 1. The number of para-hydroxylation sites is 2. The zero-order valence-corrected chi connectivity index (χ0v) is 13.1. The summed E-state index contributed by atoms with van der Waals surface area (Å²) in [5.74, 6) is -0.675. The Bertz CT molecular complexity index is 968. The van der Waals surface area contributed by atoms with Crippen molar-refractivity contribution in [3.8, 4) is 23.1 Å². The van der Waals surface area contributed by atoms with Crippen molar-refractivity contribution in [2.45, 2.75) is 0 Å². The van der Waals surface area contributed by atoms with Crippen molar-refractivity contribution in [3.05, 3.63) is 71.9 Å². The van der Waals surface area contributed by atoms with Gasteiger partial charge in [0.15, 0.2) is 0 Å². The summed E-state index contributed by atoms with van der Waals surface area (Å²) in [6.07, 6.45) is 3.01. The molecule has 0 aliphatic rings. The molecule has 0 aliphatic carbocycles. The fraction of sp³-hybridized carbons (Fsp3) is 0. The maximum Gasteiger partial charge on any atom is 0.266 e. The minimum absolute atomic E-state index is 0.0681. The van der Waals surface area contributed by atoms with E-state index in [9.17, 15) is 15.2 Å². The molecule has 1 heterocycles. The van der Waals surface area contributed by atoms with Crippen LogP contribution in [0.1, 0.15) is 5.56 Å². The molecule has 0 aliphatic heterocycles. The van der Waals surface area contributed by atoms with Crippen LogP contribution in [0.2, 0.25) is 0 Å². The lowest BCUT2D eigenvalue weighted by Crippen LogP contribution is -2.13. The first-order valence-corrected chi connectivity index (χ1v) is 7.49. The predicted molar refractivity (Wildman–Crippen MR) is 94.4 cm³/mol. The second kappa shape index (κ2) is 7.15. The van der Waals surface area contributed by atoms with Crippen molar-refractivity contribution in [1.82, 2.24) is 10.2 Å². The molecule has 3 N–H and O–H groups in total. The second-order valence-corrected chi connectivity index (χ2v) is 5.21. The van der Waals surface area contributed by atoms with Crippen molar-refractivity contribution in [3.63, 3.8) is 0 Å². The fourth-order valence-corrected chi connectivity index (χ4v) is 2.31. The first-order chi connectivity index (χ1) is 12.2. The number of aromatic hydroxyl groups is 1. The number of nitriles is 1. The van der Waals surface area contributed by atoms with Crippen LogP contribution in [0, 0.1) is 11.3 Å². The molecule has 2 aromatic carbocycles. The number of anilines is 1. The van der Waals surface area contributed by atoms with E-state index in [-0.39, 0.29) is 17.0 Å². The number of phenols is 1. The number of aromatic nitrogens is 2. The van der Waals surface area contributed by atoms with Crippen molar-refractivity contribution in [1.29, 1.82) is 5.26 Å². The van der Waals surface area contributed by atoms with Gasteiger partial charge in [0.25, 0.3) is 5.91 Å². The standard InChI is InChI=1S/C19H14N4O2/c20-11-14(19(25)22-16-8-4-5-9-17(16)24)10-15-12-21-23-18(15)13-6-2-1-3-7-13/h1-10,12,24H,(H,21,23)(H,22,25)/b14-10+. The Morgan fingerprint density at radius 3 is 2.60 bits per heavy atom. The quantitative estimate of drug-likeness (QED) is 0.388. The summed E-state index contributed by atoms with van der Waals surface area (Å²) in [6.45, 7) is 0. The highest BCUT2D eigenvalue weighted by molar-refractivity contribution is 6.10. The molecule has 6 nitrogen and oxygen atoms in total. The van der Waals surface area contributed by atoms with E-state index >= 15 is 0 Å². The molecule has 1 amide bonds. The Morgan fingerprint density at radius 1 is 1.16 bits per heavy atom. The summed E-state index contributed by atoms with van der Waals surface area (Å²) < 4.78 is 0. The van der Waals surface area contributed by atoms with Crippen molar-refractivity contribution >= 4 is 17.7 Å². The number of hydrogen-bond acceptors (Lipinski definition) is 4. The van der Waals surface area contributed by atoms with Gasteiger partial charge in [-0.25, -0.2) is 0 Å². The Hall–Kier alpha value is -3.85. The van der Waals surface area contributed by atoms with E-state index in [0.717, 1.165) is 5.56 Å². The lowest BCUT2D eigenvalue weighted by molar-refractivity contribution is -0.112. The van der Waals surface area contributed by atoms with E-state index in [0.29, 0.717) is 11.3 Å². The summed E-state index contributed by atoms with van der Waals surface area (Å²) in [7, 11) is 0. The van der Waals surface area contributed by atoms with Crippen LogP contribution in [0.25, 0.3) is 17.3 Å². The molecule has 0 fully saturated rings. The number of H-pyrrole nitrogens is 1. The molecule has 122 valence electrons. The summed E-state index contributed by atoms with van der Waals surface area (Å²) in [5.41, 5.74) is 2.37. The molecule has 0 bridgehead atoms. The van der Waals surface area contributed by atoms with Crippen molar-refractivity contribution in [2.24, 2.45) is 0 Å². The number of rotatable bonds is 4. The average molecular weight is 330 g/mol. The number of aromatic amines is 1. The number of hydrogen-bond donors (Lipinski definition) is 3. The molecule has 1 aromatic heterocycles. The summed E-state index contributed by atoms with van der Waals surface area (Å²) in [5, 5.41) is 28.5. The smallest absolute Gasteiger partial charge is 0.266 e. The van der Waals surface area contributed by atoms with Crippen LogP contribution in [0.4, 0.5) is 5.69 Å². The number of nitrogens with one attached hydrogen (secondary N) is 2. The lowest BCUT2D eigenvalue weighted by Gasteiger charge is -2.06. The van der Waals surface area contributed by atoms with Gasteiger partial charge >= 0.3 is 0 Å². The normalized spacial score (nSPS) is 10.9. The van der Waals surface area contributed by atoms with E-state index in [1.165, 1.54) is 12.1 Å². The lowest BCUT2D eigenvalue weighted by atomic mass is 10.1. The van der Waals surface area contributed by atoms with E-state index < -0.39 is 5.91 Å². The van der Waals surface area contributed by atoms with Crippen LogP contribution in [0.5, 0.6) is 5.75 Å². The number of phenolic OH excluding ortho intramolecular Hbond substituents is 1. The van der Waals surface area contributed by atoms with Gasteiger partial charge in [-0.05, 0) is 18.2 Å². The predicted octanol–water partition coefficient (Wildman–Crippen LogP) is 3.33. The van der Waals surface area contributed by atoms with Gasteiger partial charge in [0.05, 0.1) is 17.6 Å². The molecule has 0 radical (unpaired) electrons. The van der Waals surface area contributed by atoms with Gasteiger partial charge in [0, 0.05) is 11.1 Å². The first kappa shape index (κ1) is 16.0. The summed E-state index contributed by atoms with van der Waals surface area (Å²) >= 11 is 0. The number of carbonyl (C=O) groups excluding carboxylic acids is 1. The van der Waals surface area contributed by atoms with E-state index in [1.807, 2.05) is 36.4 Å². The van der Waals surface area contributed by atoms with Crippen molar-refractivity contribution < 1.29 is 9.90 Å². The molecule has 0 spiro atoms. The van der Waals surface area contributed by atoms with Gasteiger partial charge in [-0.3, -0.25) is 9.89 Å². The maximum atomic E-state index is 12.3. The third-order valence-corrected chi connectivity index (χ3v) is 3.55. The Morgan fingerprint density at radius 2 is 1.88 bits per heavy atom. The third kappa shape index (κ3) is 3.57. The van der Waals surface area contributed by atoms with Crippen LogP contribution in [-0.2, 0) is 4.79 Å². The Labute approximate surface area is 144 Å². The number of nitrogens with zero attached hydrogens (tertiary/aromatic N) is 2. The minimum atomic E-state index is -0.607. The highest BCUT2D eigenvalue weighted by atomic mass is 16.3. The zero-order chi connectivity index (χ0) is 17.6. The average Bonchev–Trinajstić information content (AvgIpc) is 3.10. The van der Waals surface area contributed by atoms with Crippen LogP contribution in [0.15, 0.2) is 66.4 Å². The van der Waals surface area contributed by atoms with E-state index in [4.69, 9.17) is 0 Å². The maximum absolute atomic E-state index is 12.3. The SMILES string of the molecule is N#C/C(=C\c1cn[nH]c1-c1ccccc1)C(=O)Nc1ccccc1O. The first-order valence-electron chi connectivity index (χ1n) is 7.49. The highest BCUT2D eigenvalue weighted by Crippen LogP contribution is 2.24. The number of benzene rings is 2. The molecule has 0 saturated heterocycles. The molecule has 6 heteroatoms. The van der Waals surface area contributed by atoms with Crippen LogP contribution in [-0.4, -0.2) is 21.2 Å².